The van der Waals surface area contributed by atoms with Gasteiger partial charge in [-0.2, -0.15) is 0 Å². The van der Waals surface area contributed by atoms with Crippen molar-refractivity contribution in [3.63, 3.8) is 0 Å². The molecule has 0 aliphatic carbocycles. The van der Waals surface area contributed by atoms with E-state index >= 15 is 0 Å². The van der Waals surface area contributed by atoms with Gasteiger partial charge in [-0.25, -0.2) is 4.79 Å². The number of ether oxygens (including phenoxy) is 2. The predicted octanol–water partition coefficient (Wildman–Crippen LogP) is -0.132. The number of carbonyl (C=O) groups is 2. The zero-order valence-electron chi connectivity index (χ0n) is 8.25. The van der Waals surface area contributed by atoms with Gasteiger partial charge in [-0.05, 0) is 0 Å². The third kappa shape index (κ3) is 7.30. The molecule has 0 saturated carbocycles. The van der Waals surface area contributed by atoms with Crippen molar-refractivity contribution in [1.29, 1.82) is 0 Å². The summed E-state index contributed by atoms with van der Waals surface area (Å²) in [7, 11) is 1.53. The van der Waals surface area contributed by atoms with Gasteiger partial charge < -0.3 is 14.8 Å². The molecule has 0 atom stereocenters. The third-order valence-corrected chi connectivity index (χ3v) is 1.37. The molecular weight excluding hydrogens is 186 g/mol. The van der Waals surface area contributed by atoms with Crippen LogP contribution in [0, 0.1) is 0 Å². The third-order valence-electron chi connectivity index (χ3n) is 1.37. The minimum Gasteiger partial charge on any atom is -0.461 e. The van der Waals surface area contributed by atoms with Crippen molar-refractivity contribution in [3.8, 4) is 0 Å². The van der Waals surface area contributed by atoms with Gasteiger partial charge in [0.1, 0.15) is 6.61 Å². The van der Waals surface area contributed by atoms with E-state index in [9.17, 15) is 9.59 Å². The van der Waals surface area contributed by atoms with Gasteiger partial charge >= 0.3 is 5.97 Å². The molecule has 0 saturated heterocycles. The fourth-order valence-corrected chi connectivity index (χ4v) is 0.684. The number of esters is 1. The largest absolute Gasteiger partial charge is 0.461 e. The van der Waals surface area contributed by atoms with Gasteiger partial charge in [0.15, 0.2) is 0 Å². The van der Waals surface area contributed by atoms with Gasteiger partial charge in [0, 0.05) is 19.6 Å². The lowest BCUT2D eigenvalue weighted by Crippen LogP contribution is -2.28. The fraction of sp³-hybridized carbons (Fsp3) is 0.556. The van der Waals surface area contributed by atoms with Crippen molar-refractivity contribution in [1.82, 2.24) is 5.32 Å². The van der Waals surface area contributed by atoms with Crippen LogP contribution in [-0.2, 0) is 19.1 Å². The van der Waals surface area contributed by atoms with Gasteiger partial charge in [0.25, 0.3) is 0 Å². The van der Waals surface area contributed by atoms with E-state index in [1.165, 1.54) is 7.11 Å². The Morgan fingerprint density at radius 3 is 2.71 bits per heavy atom. The van der Waals surface area contributed by atoms with E-state index in [1.54, 1.807) is 0 Å². The maximum absolute atomic E-state index is 11.0. The summed E-state index contributed by atoms with van der Waals surface area (Å²) in [6.45, 7) is 4.09. The SMILES string of the molecule is C=CC(=O)OCCNC(=O)CCOC. The van der Waals surface area contributed by atoms with Crippen LogP contribution < -0.4 is 5.32 Å². The molecule has 0 spiro atoms. The minimum absolute atomic E-state index is 0.124. The molecule has 5 nitrogen and oxygen atoms in total. The second kappa shape index (κ2) is 8.25. The van der Waals surface area contributed by atoms with Gasteiger partial charge in [-0.1, -0.05) is 6.58 Å². The summed E-state index contributed by atoms with van der Waals surface area (Å²) < 4.78 is 9.36. The second-order valence-corrected chi connectivity index (χ2v) is 2.46. The van der Waals surface area contributed by atoms with Crippen LogP contribution in [-0.4, -0.2) is 38.7 Å². The predicted molar refractivity (Wildman–Crippen MR) is 50.7 cm³/mol. The summed E-state index contributed by atoms with van der Waals surface area (Å²) >= 11 is 0. The van der Waals surface area contributed by atoms with Crippen LogP contribution in [0.15, 0.2) is 12.7 Å². The first kappa shape index (κ1) is 12.6. The Labute approximate surface area is 83.1 Å². The summed E-state index contributed by atoms with van der Waals surface area (Å²) in [6, 6.07) is 0. The second-order valence-electron chi connectivity index (χ2n) is 2.46. The van der Waals surface area contributed by atoms with Crippen molar-refractivity contribution in [2.45, 2.75) is 6.42 Å². The average Bonchev–Trinajstić information content (AvgIpc) is 2.21. The molecule has 0 bridgehead atoms. The molecule has 0 heterocycles. The van der Waals surface area contributed by atoms with E-state index in [0.29, 0.717) is 19.6 Å². The molecule has 0 rings (SSSR count). The number of methoxy groups -OCH3 is 1. The summed E-state index contributed by atoms with van der Waals surface area (Å²) in [5.41, 5.74) is 0. The van der Waals surface area contributed by atoms with E-state index < -0.39 is 5.97 Å². The number of rotatable bonds is 7. The van der Waals surface area contributed by atoms with Gasteiger partial charge in [0.05, 0.1) is 13.2 Å². The monoisotopic (exact) mass is 201 g/mol. The first-order valence-electron chi connectivity index (χ1n) is 4.25. The molecule has 0 aliphatic heterocycles. The van der Waals surface area contributed by atoms with E-state index in [4.69, 9.17) is 4.74 Å². The molecule has 0 fully saturated rings. The normalized spacial score (nSPS) is 9.21. The van der Waals surface area contributed by atoms with Crippen LogP contribution in [0.25, 0.3) is 0 Å². The Morgan fingerprint density at radius 1 is 1.43 bits per heavy atom. The van der Waals surface area contributed by atoms with Crippen molar-refractivity contribution >= 4 is 11.9 Å². The van der Waals surface area contributed by atoms with Gasteiger partial charge in [0.2, 0.25) is 5.91 Å². The number of hydrogen-bond donors (Lipinski definition) is 1. The Hall–Kier alpha value is -1.36. The Morgan fingerprint density at radius 2 is 2.14 bits per heavy atom. The molecule has 0 aliphatic rings. The molecule has 80 valence electrons. The highest BCUT2D eigenvalue weighted by Gasteiger charge is 2.00. The summed E-state index contributed by atoms with van der Waals surface area (Å²) in [5.74, 6) is -0.613. The molecule has 0 radical (unpaired) electrons. The summed E-state index contributed by atoms with van der Waals surface area (Å²) in [5, 5.41) is 2.57. The van der Waals surface area contributed by atoms with Gasteiger partial charge in [-0.15, -0.1) is 0 Å². The quantitative estimate of drug-likeness (QED) is 0.354. The molecule has 0 aromatic carbocycles. The van der Waals surface area contributed by atoms with E-state index in [-0.39, 0.29) is 12.5 Å². The molecule has 1 N–H and O–H groups in total. The van der Waals surface area contributed by atoms with Crippen LogP contribution in [0.3, 0.4) is 0 Å². The minimum atomic E-state index is -0.490. The molecule has 14 heavy (non-hydrogen) atoms. The van der Waals surface area contributed by atoms with E-state index in [1.807, 2.05) is 0 Å². The fourth-order valence-electron chi connectivity index (χ4n) is 0.684. The maximum Gasteiger partial charge on any atom is 0.330 e. The van der Waals surface area contributed by atoms with E-state index in [0.717, 1.165) is 6.08 Å². The number of hydrogen-bond acceptors (Lipinski definition) is 4. The molecule has 0 aromatic rings. The standard InChI is InChI=1S/C9H15NO4/c1-3-9(12)14-7-5-10-8(11)4-6-13-2/h3H,1,4-7H2,2H3,(H,10,11). The number of carbonyl (C=O) groups excluding carboxylic acids is 2. The average molecular weight is 201 g/mol. The molecule has 0 unspecified atom stereocenters. The highest BCUT2D eigenvalue weighted by molar-refractivity contribution is 5.81. The van der Waals surface area contributed by atoms with Crippen LogP contribution in [0.5, 0.6) is 0 Å². The lowest BCUT2D eigenvalue weighted by molar-refractivity contribution is -0.138. The Balaban J connectivity index is 3.31. The zero-order valence-corrected chi connectivity index (χ0v) is 8.25. The lowest BCUT2D eigenvalue weighted by atomic mass is 10.4. The first-order valence-corrected chi connectivity index (χ1v) is 4.25. The van der Waals surface area contributed by atoms with Crippen LogP contribution in [0.1, 0.15) is 6.42 Å². The van der Waals surface area contributed by atoms with Crippen molar-refractivity contribution in [2.75, 3.05) is 26.9 Å². The molecule has 1 amide bonds. The van der Waals surface area contributed by atoms with Gasteiger partial charge in [-0.3, -0.25) is 4.79 Å². The first-order chi connectivity index (χ1) is 6.70. The highest BCUT2D eigenvalue weighted by Crippen LogP contribution is 1.81. The zero-order chi connectivity index (χ0) is 10.8. The smallest absolute Gasteiger partial charge is 0.330 e. The van der Waals surface area contributed by atoms with Crippen molar-refractivity contribution in [2.24, 2.45) is 0 Å². The molecular formula is C9H15NO4. The topological polar surface area (TPSA) is 64.6 Å². The van der Waals surface area contributed by atoms with Crippen LogP contribution >= 0.6 is 0 Å². The number of amides is 1. The highest BCUT2D eigenvalue weighted by atomic mass is 16.5. The molecule has 5 heteroatoms. The van der Waals surface area contributed by atoms with E-state index in [2.05, 4.69) is 16.6 Å². The summed E-state index contributed by atoms with van der Waals surface area (Å²) in [4.78, 5) is 21.5. The lowest BCUT2D eigenvalue weighted by Gasteiger charge is -2.04. The number of nitrogens with one attached hydrogen (secondary N) is 1. The van der Waals surface area contributed by atoms with Crippen LogP contribution in [0.2, 0.25) is 0 Å². The van der Waals surface area contributed by atoms with Crippen molar-refractivity contribution < 1.29 is 19.1 Å². The Bertz CT molecular complexity index is 203. The Kier molecular flexibility index (Phi) is 7.45. The van der Waals surface area contributed by atoms with Crippen LogP contribution in [0.4, 0.5) is 0 Å². The van der Waals surface area contributed by atoms with Crippen molar-refractivity contribution in [3.05, 3.63) is 12.7 Å². The summed E-state index contributed by atoms with van der Waals surface area (Å²) in [6.07, 6.45) is 1.39. The maximum atomic E-state index is 11.0. The molecule has 0 aromatic heterocycles.